The molecule has 142 valence electrons. The number of amides is 2. The molecule has 0 unspecified atom stereocenters. The van der Waals surface area contributed by atoms with Gasteiger partial charge in [0.2, 0.25) is 11.8 Å². The van der Waals surface area contributed by atoms with E-state index in [0.29, 0.717) is 35.5 Å². The van der Waals surface area contributed by atoms with Crippen LogP contribution in [0.5, 0.6) is 0 Å². The molecule has 1 aromatic rings. The van der Waals surface area contributed by atoms with Crippen molar-refractivity contribution >= 4 is 35.0 Å². The molecule has 4 nitrogen and oxygen atoms in total. The first kappa shape index (κ1) is 19.5. The van der Waals surface area contributed by atoms with Crippen LogP contribution in [0.2, 0.25) is 10.0 Å². The fourth-order valence-corrected chi connectivity index (χ4v) is 4.19. The lowest BCUT2D eigenvalue weighted by molar-refractivity contribution is -0.140. The summed E-state index contributed by atoms with van der Waals surface area (Å²) in [7, 11) is 0. The predicted octanol–water partition coefficient (Wildman–Crippen LogP) is 4.18. The van der Waals surface area contributed by atoms with Crippen molar-refractivity contribution in [2.24, 2.45) is 5.92 Å². The molecule has 6 heteroatoms. The van der Waals surface area contributed by atoms with Crippen molar-refractivity contribution in [1.82, 2.24) is 9.80 Å². The Labute approximate surface area is 165 Å². The fourth-order valence-electron chi connectivity index (χ4n) is 3.87. The number of benzene rings is 1. The maximum Gasteiger partial charge on any atom is 0.225 e. The Morgan fingerprint density at radius 3 is 2.31 bits per heavy atom. The third-order valence-corrected chi connectivity index (χ3v) is 6.19. The molecular weight excluding hydrogens is 371 g/mol. The number of halogens is 2. The molecule has 0 atom stereocenters. The summed E-state index contributed by atoms with van der Waals surface area (Å²) in [5.41, 5.74) is 1.10. The lowest BCUT2D eigenvalue weighted by atomic mass is 9.95. The van der Waals surface area contributed by atoms with E-state index in [9.17, 15) is 9.59 Å². The first-order chi connectivity index (χ1) is 12.5. The molecule has 0 bridgehead atoms. The summed E-state index contributed by atoms with van der Waals surface area (Å²) in [5, 5.41) is 1.11. The second-order valence-electron chi connectivity index (χ2n) is 7.29. The highest BCUT2D eigenvalue weighted by Gasteiger charge is 2.30. The number of piperidine rings is 1. The molecule has 2 fully saturated rings. The van der Waals surface area contributed by atoms with Gasteiger partial charge in [-0.2, -0.15) is 0 Å². The predicted molar refractivity (Wildman–Crippen MR) is 105 cm³/mol. The van der Waals surface area contributed by atoms with E-state index in [1.54, 1.807) is 6.07 Å². The highest BCUT2D eigenvalue weighted by Crippen LogP contribution is 2.24. The SMILES string of the molecule is O=C(CCCc1ccc(Cl)c(Cl)c1)N1CCC(C(=O)N2CCCC2)CC1. The van der Waals surface area contributed by atoms with Crippen LogP contribution in [0.4, 0.5) is 0 Å². The second kappa shape index (κ2) is 9.09. The zero-order chi connectivity index (χ0) is 18.5. The zero-order valence-electron chi connectivity index (χ0n) is 15.1. The number of nitrogens with zero attached hydrogens (tertiary/aromatic N) is 2. The van der Waals surface area contributed by atoms with Crippen LogP contribution in [0.3, 0.4) is 0 Å². The number of hydrogen-bond donors (Lipinski definition) is 0. The van der Waals surface area contributed by atoms with Crippen molar-refractivity contribution in [2.75, 3.05) is 26.2 Å². The van der Waals surface area contributed by atoms with Gasteiger partial charge >= 0.3 is 0 Å². The Balaban J connectivity index is 1.39. The van der Waals surface area contributed by atoms with Crippen LogP contribution in [0, 0.1) is 5.92 Å². The monoisotopic (exact) mass is 396 g/mol. The van der Waals surface area contributed by atoms with Crippen LogP contribution < -0.4 is 0 Å². The third-order valence-electron chi connectivity index (χ3n) is 5.45. The Bertz CT molecular complexity index is 651. The Morgan fingerprint density at radius 1 is 0.962 bits per heavy atom. The molecule has 0 saturated carbocycles. The molecule has 0 radical (unpaired) electrons. The molecule has 0 spiro atoms. The number of aryl methyl sites for hydroxylation is 1. The van der Waals surface area contributed by atoms with Gasteiger partial charge in [0.1, 0.15) is 0 Å². The van der Waals surface area contributed by atoms with Gasteiger partial charge in [-0.1, -0.05) is 29.3 Å². The lowest BCUT2D eigenvalue weighted by Crippen LogP contribution is -2.43. The highest BCUT2D eigenvalue weighted by atomic mass is 35.5. The van der Waals surface area contributed by atoms with E-state index < -0.39 is 0 Å². The van der Waals surface area contributed by atoms with Gasteiger partial charge in [-0.25, -0.2) is 0 Å². The molecule has 2 aliphatic rings. The van der Waals surface area contributed by atoms with Gasteiger partial charge in [0.15, 0.2) is 0 Å². The van der Waals surface area contributed by atoms with Crippen molar-refractivity contribution in [1.29, 1.82) is 0 Å². The molecule has 0 aliphatic carbocycles. The maximum atomic E-state index is 12.5. The molecule has 0 aromatic heterocycles. The Morgan fingerprint density at radius 2 is 1.65 bits per heavy atom. The summed E-state index contributed by atoms with van der Waals surface area (Å²) >= 11 is 11.9. The van der Waals surface area contributed by atoms with Crippen LogP contribution >= 0.6 is 23.2 Å². The van der Waals surface area contributed by atoms with Crippen LogP contribution in [-0.4, -0.2) is 47.8 Å². The number of hydrogen-bond acceptors (Lipinski definition) is 2. The summed E-state index contributed by atoms with van der Waals surface area (Å²) in [4.78, 5) is 28.8. The fraction of sp³-hybridized carbons (Fsp3) is 0.600. The first-order valence-electron chi connectivity index (χ1n) is 9.55. The van der Waals surface area contributed by atoms with Gasteiger partial charge in [-0.05, 0) is 56.2 Å². The lowest BCUT2D eigenvalue weighted by Gasteiger charge is -2.33. The van der Waals surface area contributed by atoms with Gasteiger partial charge < -0.3 is 9.80 Å². The van der Waals surface area contributed by atoms with Crippen molar-refractivity contribution in [2.45, 2.75) is 44.9 Å². The molecule has 2 saturated heterocycles. The zero-order valence-corrected chi connectivity index (χ0v) is 16.6. The topological polar surface area (TPSA) is 40.6 Å². The van der Waals surface area contributed by atoms with E-state index >= 15 is 0 Å². The standard InChI is InChI=1S/C20H26Cl2N2O2/c21-17-7-6-15(14-18(17)22)4-3-5-19(25)23-12-8-16(9-13-23)20(26)24-10-1-2-11-24/h6-7,14,16H,1-5,8-13H2. The minimum Gasteiger partial charge on any atom is -0.343 e. The van der Waals surface area contributed by atoms with Crippen molar-refractivity contribution in [3.63, 3.8) is 0 Å². The smallest absolute Gasteiger partial charge is 0.225 e. The van der Waals surface area contributed by atoms with Crippen molar-refractivity contribution < 1.29 is 9.59 Å². The molecule has 0 N–H and O–H groups in total. The average Bonchev–Trinajstić information content (AvgIpc) is 3.19. The minimum absolute atomic E-state index is 0.105. The summed E-state index contributed by atoms with van der Waals surface area (Å²) < 4.78 is 0. The molecular formula is C20H26Cl2N2O2. The van der Waals surface area contributed by atoms with E-state index in [0.717, 1.165) is 57.2 Å². The molecule has 2 amide bonds. The Kier molecular flexibility index (Phi) is 6.82. The minimum atomic E-state index is 0.105. The third kappa shape index (κ3) is 4.92. The quantitative estimate of drug-likeness (QED) is 0.748. The van der Waals surface area contributed by atoms with Gasteiger partial charge in [-0.3, -0.25) is 9.59 Å². The van der Waals surface area contributed by atoms with Crippen LogP contribution in [0.15, 0.2) is 18.2 Å². The number of carbonyl (C=O) groups excluding carboxylic acids is 2. The van der Waals surface area contributed by atoms with E-state index in [2.05, 4.69) is 0 Å². The molecule has 2 aliphatic heterocycles. The second-order valence-corrected chi connectivity index (χ2v) is 8.10. The normalized spacial score (nSPS) is 18.4. The van der Waals surface area contributed by atoms with E-state index in [1.807, 2.05) is 21.9 Å². The molecule has 3 rings (SSSR count). The van der Waals surface area contributed by atoms with E-state index in [4.69, 9.17) is 23.2 Å². The summed E-state index contributed by atoms with van der Waals surface area (Å²) in [5.74, 6) is 0.597. The van der Waals surface area contributed by atoms with Gasteiger partial charge in [0.25, 0.3) is 0 Å². The van der Waals surface area contributed by atoms with Gasteiger partial charge in [-0.15, -0.1) is 0 Å². The average molecular weight is 397 g/mol. The van der Waals surface area contributed by atoms with Crippen LogP contribution in [0.25, 0.3) is 0 Å². The molecule has 26 heavy (non-hydrogen) atoms. The summed E-state index contributed by atoms with van der Waals surface area (Å²) in [6, 6.07) is 5.61. The van der Waals surface area contributed by atoms with E-state index in [1.165, 1.54) is 0 Å². The summed E-state index contributed by atoms with van der Waals surface area (Å²) in [6.45, 7) is 3.23. The van der Waals surface area contributed by atoms with E-state index in [-0.39, 0.29) is 11.8 Å². The Hall–Kier alpha value is -1.26. The first-order valence-corrected chi connectivity index (χ1v) is 10.3. The summed E-state index contributed by atoms with van der Waals surface area (Å²) in [6.07, 6.45) is 5.99. The molecule has 2 heterocycles. The maximum absolute atomic E-state index is 12.5. The van der Waals surface area contributed by atoms with Crippen LogP contribution in [-0.2, 0) is 16.0 Å². The van der Waals surface area contributed by atoms with Crippen LogP contribution in [0.1, 0.15) is 44.1 Å². The molecule has 1 aromatic carbocycles. The van der Waals surface area contributed by atoms with Gasteiger partial charge in [0.05, 0.1) is 10.0 Å². The number of likely N-dealkylation sites (tertiary alicyclic amines) is 2. The highest BCUT2D eigenvalue weighted by molar-refractivity contribution is 6.42. The van der Waals surface area contributed by atoms with Crippen molar-refractivity contribution in [3.8, 4) is 0 Å². The number of carbonyl (C=O) groups is 2. The van der Waals surface area contributed by atoms with Gasteiger partial charge in [0, 0.05) is 38.5 Å². The van der Waals surface area contributed by atoms with Crippen molar-refractivity contribution in [3.05, 3.63) is 33.8 Å². The largest absolute Gasteiger partial charge is 0.343 e. The number of rotatable bonds is 5.